The number of rotatable bonds is 7. The van der Waals surface area contributed by atoms with Crippen LogP contribution >= 0.6 is 12.2 Å². The van der Waals surface area contributed by atoms with Gasteiger partial charge in [-0.1, -0.05) is 24.3 Å². The smallest absolute Gasteiger partial charge is 0.336 e. The lowest BCUT2D eigenvalue weighted by Gasteiger charge is -2.26. The van der Waals surface area contributed by atoms with Gasteiger partial charge in [-0.3, -0.25) is 4.98 Å². The van der Waals surface area contributed by atoms with E-state index in [-0.39, 0.29) is 23.8 Å². The van der Waals surface area contributed by atoms with Crippen molar-refractivity contribution in [2.75, 3.05) is 4.90 Å². The summed E-state index contributed by atoms with van der Waals surface area (Å²) in [5.41, 5.74) is 2.43. The number of anilines is 1. The summed E-state index contributed by atoms with van der Waals surface area (Å²) in [6.45, 7) is 0. The molecule has 1 aliphatic carbocycles. The standard InChI is InChI=1S/C30H27N3O4S/c34-29(35)23-10-4-3-9-22(23)25-16-17-26(37-25)28-27(24-11-5-6-18-31-24)32-30(38)33(28)19-12-14-21(15-13-19)36-20-7-1-2-8-20/h3-6,9-18,20,27-28H,1-2,7-8H2,(H,32,38)(H,34,35)/t27-,28-/m0/s1. The van der Waals surface area contributed by atoms with Crippen molar-refractivity contribution in [3.8, 4) is 17.1 Å². The first kappa shape index (κ1) is 24.2. The lowest BCUT2D eigenvalue weighted by atomic mass is 10.0. The second-order valence-electron chi connectivity index (χ2n) is 9.57. The quantitative estimate of drug-likeness (QED) is 0.263. The van der Waals surface area contributed by atoms with Gasteiger partial charge in [0.2, 0.25) is 0 Å². The van der Waals surface area contributed by atoms with Gasteiger partial charge in [0.1, 0.15) is 23.3 Å². The van der Waals surface area contributed by atoms with Crippen molar-refractivity contribution in [2.45, 2.75) is 43.9 Å². The van der Waals surface area contributed by atoms with Crippen LogP contribution in [0.25, 0.3) is 11.3 Å². The van der Waals surface area contributed by atoms with Crippen molar-refractivity contribution in [1.82, 2.24) is 10.3 Å². The monoisotopic (exact) mass is 525 g/mol. The highest BCUT2D eigenvalue weighted by molar-refractivity contribution is 7.80. The van der Waals surface area contributed by atoms with Crippen LogP contribution in [0.2, 0.25) is 0 Å². The van der Waals surface area contributed by atoms with Crippen molar-refractivity contribution in [2.24, 2.45) is 0 Å². The van der Waals surface area contributed by atoms with E-state index in [0.717, 1.165) is 30.0 Å². The Kier molecular flexibility index (Phi) is 6.55. The van der Waals surface area contributed by atoms with Gasteiger partial charge in [0, 0.05) is 17.4 Å². The second-order valence-corrected chi connectivity index (χ2v) is 9.95. The Morgan fingerprint density at radius 1 is 1.00 bits per heavy atom. The molecule has 0 spiro atoms. The summed E-state index contributed by atoms with van der Waals surface area (Å²) < 4.78 is 12.5. The van der Waals surface area contributed by atoms with Crippen LogP contribution in [0.3, 0.4) is 0 Å². The number of carboxylic acid groups (broad SMARTS) is 1. The molecule has 3 heterocycles. The second kappa shape index (κ2) is 10.3. The van der Waals surface area contributed by atoms with Crippen LogP contribution in [-0.2, 0) is 0 Å². The topological polar surface area (TPSA) is 87.8 Å². The molecular weight excluding hydrogens is 498 g/mol. The molecule has 2 atom stereocenters. The fourth-order valence-corrected chi connectivity index (χ4v) is 5.69. The number of benzene rings is 2. The number of hydrogen-bond acceptors (Lipinski definition) is 5. The van der Waals surface area contributed by atoms with Gasteiger partial charge in [-0.05, 0) is 92.5 Å². The average molecular weight is 526 g/mol. The first-order valence-corrected chi connectivity index (χ1v) is 13.2. The number of hydrogen-bond donors (Lipinski definition) is 2. The molecule has 38 heavy (non-hydrogen) atoms. The Bertz CT molecular complexity index is 1450. The van der Waals surface area contributed by atoms with Crippen LogP contribution in [-0.4, -0.2) is 27.3 Å². The van der Waals surface area contributed by atoms with Gasteiger partial charge in [-0.15, -0.1) is 0 Å². The SMILES string of the molecule is O=C(O)c1ccccc1-c1ccc([C@H]2[C@H](c3ccccn3)NC(=S)N2c2ccc(OC3CCCC3)cc2)o1. The minimum atomic E-state index is -1.00. The summed E-state index contributed by atoms with van der Waals surface area (Å²) in [4.78, 5) is 18.4. The van der Waals surface area contributed by atoms with Crippen molar-refractivity contribution in [3.63, 3.8) is 0 Å². The number of nitrogens with zero attached hydrogens (tertiary/aromatic N) is 2. The molecule has 8 heteroatoms. The first-order valence-electron chi connectivity index (χ1n) is 12.8. The van der Waals surface area contributed by atoms with Gasteiger partial charge < -0.3 is 24.5 Å². The number of furan rings is 1. The normalized spacial score (nSPS) is 19.5. The number of aromatic nitrogens is 1. The molecule has 2 aliphatic rings. The summed E-state index contributed by atoms with van der Waals surface area (Å²) in [6.07, 6.45) is 6.67. The minimum Gasteiger partial charge on any atom is -0.490 e. The van der Waals surface area contributed by atoms with Crippen LogP contribution in [0.15, 0.2) is 89.5 Å². The highest BCUT2D eigenvalue weighted by atomic mass is 32.1. The van der Waals surface area contributed by atoms with Gasteiger partial charge >= 0.3 is 5.97 Å². The molecule has 0 bridgehead atoms. The Balaban J connectivity index is 1.37. The zero-order valence-corrected chi connectivity index (χ0v) is 21.4. The molecule has 0 unspecified atom stereocenters. The fraction of sp³-hybridized carbons (Fsp3) is 0.233. The first-order chi connectivity index (χ1) is 18.6. The van der Waals surface area contributed by atoms with Gasteiger partial charge in [-0.2, -0.15) is 0 Å². The predicted molar refractivity (Wildman–Crippen MR) is 148 cm³/mol. The van der Waals surface area contributed by atoms with E-state index >= 15 is 0 Å². The van der Waals surface area contributed by atoms with E-state index in [9.17, 15) is 9.90 Å². The zero-order valence-electron chi connectivity index (χ0n) is 20.6. The predicted octanol–water partition coefficient (Wildman–Crippen LogP) is 6.54. The molecule has 2 aromatic heterocycles. The molecular formula is C30H27N3O4S. The number of thiocarbonyl (C=S) groups is 1. The number of aromatic carboxylic acids is 1. The molecule has 0 radical (unpaired) electrons. The van der Waals surface area contributed by atoms with Crippen molar-refractivity contribution in [3.05, 3.63) is 102 Å². The van der Waals surface area contributed by atoms with E-state index in [0.29, 0.717) is 22.2 Å². The van der Waals surface area contributed by atoms with Crippen molar-refractivity contribution < 1.29 is 19.1 Å². The molecule has 1 aliphatic heterocycles. The summed E-state index contributed by atoms with van der Waals surface area (Å²) in [6, 6.07) is 23.7. The van der Waals surface area contributed by atoms with E-state index < -0.39 is 5.97 Å². The number of carbonyl (C=O) groups is 1. The van der Waals surface area contributed by atoms with E-state index in [1.165, 1.54) is 12.8 Å². The highest BCUT2D eigenvalue weighted by Gasteiger charge is 2.42. The largest absolute Gasteiger partial charge is 0.490 e. The molecule has 7 nitrogen and oxygen atoms in total. The van der Waals surface area contributed by atoms with Crippen LogP contribution in [0.4, 0.5) is 5.69 Å². The summed E-state index contributed by atoms with van der Waals surface area (Å²) in [5.74, 6) is 0.975. The summed E-state index contributed by atoms with van der Waals surface area (Å²) in [7, 11) is 0. The molecule has 0 amide bonds. The number of ether oxygens (including phenoxy) is 1. The molecule has 4 aromatic rings. The molecule has 2 N–H and O–H groups in total. The Morgan fingerprint density at radius 2 is 1.76 bits per heavy atom. The van der Waals surface area contributed by atoms with E-state index in [2.05, 4.69) is 10.3 Å². The lowest BCUT2D eigenvalue weighted by molar-refractivity contribution is 0.0697. The molecule has 1 saturated carbocycles. The maximum absolute atomic E-state index is 11.8. The van der Waals surface area contributed by atoms with E-state index in [4.69, 9.17) is 21.4 Å². The van der Waals surface area contributed by atoms with Crippen molar-refractivity contribution in [1.29, 1.82) is 0 Å². The Morgan fingerprint density at radius 3 is 2.50 bits per heavy atom. The zero-order chi connectivity index (χ0) is 26.1. The van der Waals surface area contributed by atoms with Crippen LogP contribution in [0.5, 0.6) is 5.75 Å². The summed E-state index contributed by atoms with van der Waals surface area (Å²) in [5, 5.41) is 13.7. The van der Waals surface area contributed by atoms with E-state index in [1.807, 2.05) is 59.5 Å². The van der Waals surface area contributed by atoms with Crippen LogP contribution in [0, 0.1) is 0 Å². The minimum absolute atomic E-state index is 0.185. The number of carboxylic acids is 1. The highest BCUT2D eigenvalue weighted by Crippen LogP contribution is 2.43. The third-order valence-corrected chi connectivity index (χ3v) is 7.47. The third kappa shape index (κ3) is 4.63. The lowest BCUT2D eigenvalue weighted by Crippen LogP contribution is -2.29. The molecule has 6 rings (SSSR count). The molecule has 1 saturated heterocycles. The molecule has 2 fully saturated rings. The van der Waals surface area contributed by atoms with Crippen LogP contribution < -0.4 is 15.0 Å². The van der Waals surface area contributed by atoms with E-state index in [1.54, 1.807) is 30.5 Å². The van der Waals surface area contributed by atoms with Gasteiger partial charge in [0.15, 0.2) is 5.11 Å². The Hall–Kier alpha value is -4.17. The average Bonchev–Trinajstić information content (AvgIpc) is 3.70. The maximum atomic E-state index is 11.8. The molecule has 192 valence electrons. The number of nitrogens with one attached hydrogen (secondary N) is 1. The molecule has 2 aromatic carbocycles. The summed E-state index contributed by atoms with van der Waals surface area (Å²) >= 11 is 5.82. The van der Waals surface area contributed by atoms with Crippen LogP contribution in [0.1, 0.15) is 59.6 Å². The Labute approximate surface area is 226 Å². The maximum Gasteiger partial charge on any atom is 0.336 e. The third-order valence-electron chi connectivity index (χ3n) is 7.16. The van der Waals surface area contributed by atoms with Crippen molar-refractivity contribution >= 4 is 29.0 Å². The van der Waals surface area contributed by atoms with Gasteiger partial charge in [0.25, 0.3) is 0 Å². The fourth-order valence-electron chi connectivity index (χ4n) is 5.35. The van der Waals surface area contributed by atoms with Gasteiger partial charge in [-0.25, -0.2) is 4.79 Å². The number of pyridine rings is 1. The van der Waals surface area contributed by atoms with Gasteiger partial charge in [0.05, 0.1) is 23.4 Å².